The van der Waals surface area contributed by atoms with Crippen LogP contribution in [0, 0.1) is 5.82 Å². The molecule has 0 radical (unpaired) electrons. The third-order valence-electron chi connectivity index (χ3n) is 3.64. The van der Waals surface area contributed by atoms with Crippen LogP contribution in [-0.2, 0) is 11.3 Å². The molecule has 1 saturated carbocycles. The maximum absolute atomic E-state index is 13.5. The Morgan fingerprint density at radius 3 is 2.75 bits per heavy atom. The van der Waals surface area contributed by atoms with E-state index in [9.17, 15) is 14.3 Å². The number of methoxy groups -OCH3 is 1. The molecular formula is C15H20FNO3. The van der Waals surface area contributed by atoms with Gasteiger partial charge >= 0.3 is 0 Å². The summed E-state index contributed by atoms with van der Waals surface area (Å²) in [6.45, 7) is 0.141. The Balaban J connectivity index is 2.00. The van der Waals surface area contributed by atoms with Gasteiger partial charge in [0.2, 0.25) is 0 Å². The Hall–Kier alpha value is -1.46. The predicted octanol–water partition coefficient (Wildman–Crippen LogP) is 2.01. The normalized spacial score (nSPS) is 22.6. The van der Waals surface area contributed by atoms with E-state index in [1.165, 1.54) is 25.3 Å². The Bertz CT molecular complexity index is 470. The van der Waals surface area contributed by atoms with E-state index in [1.807, 2.05) is 0 Å². The molecule has 0 atom stereocenters. The Labute approximate surface area is 117 Å². The van der Waals surface area contributed by atoms with Gasteiger partial charge in [-0.15, -0.1) is 0 Å². The fourth-order valence-electron chi connectivity index (χ4n) is 2.47. The molecule has 1 aromatic carbocycles. The van der Waals surface area contributed by atoms with Gasteiger partial charge in [0.1, 0.15) is 5.82 Å². The second kappa shape index (κ2) is 6.81. The average Bonchev–Trinajstić information content (AvgIpc) is 2.44. The third-order valence-corrected chi connectivity index (χ3v) is 3.64. The highest BCUT2D eigenvalue weighted by atomic mass is 19.1. The number of benzene rings is 1. The second-order valence-electron chi connectivity index (χ2n) is 5.22. The molecule has 2 N–H and O–H groups in total. The largest absolute Gasteiger partial charge is 0.393 e. The van der Waals surface area contributed by atoms with Crippen molar-refractivity contribution >= 4 is 5.91 Å². The summed E-state index contributed by atoms with van der Waals surface area (Å²) in [5, 5.41) is 12.4. The zero-order valence-corrected chi connectivity index (χ0v) is 11.6. The fraction of sp³-hybridized carbons (Fsp3) is 0.533. The monoisotopic (exact) mass is 281 g/mol. The number of halogens is 1. The van der Waals surface area contributed by atoms with Gasteiger partial charge in [-0.2, -0.15) is 0 Å². The lowest BCUT2D eigenvalue weighted by Crippen LogP contribution is -2.38. The molecule has 110 valence electrons. The molecule has 4 nitrogen and oxygen atoms in total. The number of hydrogen-bond acceptors (Lipinski definition) is 3. The van der Waals surface area contributed by atoms with Crippen LogP contribution in [0.1, 0.15) is 41.6 Å². The van der Waals surface area contributed by atoms with Crippen LogP contribution in [0.3, 0.4) is 0 Å². The maximum Gasteiger partial charge on any atom is 0.251 e. The molecular weight excluding hydrogens is 261 g/mol. The number of carbonyl (C=O) groups excluding carboxylic acids is 1. The van der Waals surface area contributed by atoms with Gasteiger partial charge in [-0.1, -0.05) is 0 Å². The molecule has 0 unspecified atom stereocenters. The third kappa shape index (κ3) is 3.77. The Morgan fingerprint density at radius 2 is 2.10 bits per heavy atom. The second-order valence-corrected chi connectivity index (χ2v) is 5.22. The maximum atomic E-state index is 13.5. The Morgan fingerprint density at radius 1 is 1.40 bits per heavy atom. The van der Waals surface area contributed by atoms with E-state index < -0.39 is 0 Å². The summed E-state index contributed by atoms with van der Waals surface area (Å²) in [7, 11) is 1.49. The van der Waals surface area contributed by atoms with Crippen molar-refractivity contribution in [2.75, 3.05) is 7.11 Å². The predicted molar refractivity (Wildman–Crippen MR) is 72.8 cm³/mol. The SMILES string of the molecule is COCc1cc(C(=O)NC2CCC(O)CC2)ccc1F. The fourth-order valence-corrected chi connectivity index (χ4v) is 2.47. The highest BCUT2D eigenvalue weighted by Crippen LogP contribution is 2.19. The van der Waals surface area contributed by atoms with Crippen molar-refractivity contribution in [3.63, 3.8) is 0 Å². The van der Waals surface area contributed by atoms with Gasteiger partial charge in [-0.25, -0.2) is 4.39 Å². The van der Waals surface area contributed by atoms with Crippen molar-refractivity contribution in [3.8, 4) is 0 Å². The molecule has 20 heavy (non-hydrogen) atoms. The van der Waals surface area contributed by atoms with Crippen molar-refractivity contribution < 1.29 is 19.0 Å². The molecule has 1 aromatic rings. The van der Waals surface area contributed by atoms with Crippen molar-refractivity contribution in [1.82, 2.24) is 5.32 Å². The van der Waals surface area contributed by atoms with Crippen LogP contribution >= 0.6 is 0 Å². The summed E-state index contributed by atoms with van der Waals surface area (Å²) in [6.07, 6.45) is 2.73. The van der Waals surface area contributed by atoms with E-state index >= 15 is 0 Å². The lowest BCUT2D eigenvalue weighted by molar-refractivity contribution is 0.0867. The highest BCUT2D eigenvalue weighted by Gasteiger charge is 2.21. The van der Waals surface area contributed by atoms with Crippen molar-refractivity contribution in [1.29, 1.82) is 0 Å². The van der Waals surface area contributed by atoms with Crippen LogP contribution in [0.5, 0.6) is 0 Å². The highest BCUT2D eigenvalue weighted by molar-refractivity contribution is 5.94. The first-order valence-corrected chi connectivity index (χ1v) is 6.86. The van der Waals surface area contributed by atoms with Crippen molar-refractivity contribution in [2.24, 2.45) is 0 Å². The van der Waals surface area contributed by atoms with Crippen LogP contribution in [0.2, 0.25) is 0 Å². The van der Waals surface area contributed by atoms with Crippen LogP contribution in [0.25, 0.3) is 0 Å². The smallest absolute Gasteiger partial charge is 0.251 e. The van der Waals surface area contributed by atoms with E-state index in [1.54, 1.807) is 0 Å². The zero-order chi connectivity index (χ0) is 14.5. The van der Waals surface area contributed by atoms with Crippen LogP contribution in [0.4, 0.5) is 4.39 Å². The van der Waals surface area contributed by atoms with E-state index in [-0.39, 0.29) is 30.5 Å². The van der Waals surface area contributed by atoms with Crippen LogP contribution in [-0.4, -0.2) is 30.3 Å². The first kappa shape index (κ1) is 14.9. The van der Waals surface area contributed by atoms with E-state index in [0.717, 1.165) is 12.8 Å². The molecule has 1 aliphatic rings. The lowest BCUT2D eigenvalue weighted by atomic mass is 9.93. The Kier molecular flexibility index (Phi) is 5.09. The quantitative estimate of drug-likeness (QED) is 0.887. The molecule has 0 heterocycles. The summed E-state index contributed by atoms with van der Waals surface area (Å²) in [5.41, 5.74) is 0.809. The van der Waals surface area contributed by atoms with Crippen molar-refractivity contribution in [3.05, 3.63) is 35.1 Å². The summed E-state index contributed by atoms with van der Waals surface area (Å²) >= 11 is 0. The number of hydrogen-bond donors (Lipinski definition) is 2. The topological polar surface area (TPSA) is 58.6 Å². The first-order valence-electron chi connectivity index (χ1n) is 6.86. The average molecular weight is 281 g/mol. The number of aliphatic hydroxyl groups is 1. The minimum absolute atomic E-state index is 0.0850. The molecule has 0 spiro atoms. The zero-order valence-electron chi connectivity index (χ0n) is 11.6. The molecule has 0 aliphatic heterocycles. The van der Waals surface area contributed by atoms with E-state index in [4.69, 9.17) is 4.74 Å². The number of nitrogens with one attached hydrogen (secondary N) is 1. The molecule has 1 aliphatic carbocycles. The summed E-state index contributed by atoms with van der Waals surface area (Å²) in [5.74, 6) is -0.576. The molecule has 2 rings (SSSR count). The summed E-state index contributed by atoms with van der Waals surface area (Å²) in [6, 6.07) is 4.36. The van der Waals surface area contributed by atoms with Gasteiger partial charge in [0.15, 0.2) is 0 Å². The van der Waals surface area contributed by atoms with Gasteiger partial charge in [0, 0.05) is 24.3 Å². The van der Waals surface area contributed by atoms with Crippen LogP contribution < -0.4 is 5.32 Å². The van der Waals surface area contributed by atoms with E-state index in [0.29, 0.717) is 24.0 Å². The molecule has 5 heteroatoms. The number of aliphatic hydroxyl groups excluding tert-OH is 1. The van der Waals surface area contributed by atoms with Gasteiger partial charge < -0.3 is 15.2 Å². The van der Waals surface area contributed by atoms with Gasteiger partial charge in [0.05, 0.1) is 12.7 Å². The first-order chi connectivity index (χ1) is 9.60. The minimum atomic E-state index is -0.371. The van der Waals surface area contributed by atoms with Crippen LogP contribution in [0.15, 0.2) is 18.2 Å². The van der Waals surface area contributed by atoms with Gasteiger partial charge in [0.25, 0.3) is 5.91 Å². The number of rotatable bonds is 4. The van der Waals surface area contributed by atoms with Gasteiger partial charge in [-0.3, -0.25) is 4.79 Å². The molecule has 1 fully saturated rings. The number of carbonyl (C=O) groups is 1. The number of amides is 1. The molecule has 0 saturated heterocycles. The lowest BCUT2D eigenvalue weighted by Gasteiger charge is -2.26. The summed E-state index contributed by atoms with van der Waals surface area (Å²) in [4.78, 5) is 12.1. The molecule has 0 aromatic heterocycles. The minimum Gasteiger partial charge on any atom is -0.393 e. The number of ether oxygens (including phenoxy) is 1. The molecule has 1 amide bonds. The molecule has 0 bridgehead atoms. The standard InChI is InChI=1S/C15H20FNO3/c1-20-9-11-8-10(2-7-14(11)16)15(19)17-12-3-5-13(18)6-4-12/h2,7-8,12-13,18H,3-6,9H2,1H3,(H,17,19). The van der Waals surface area contributed by atoms with Crippen molar-refractivity contribution in [2.45, 2.75) is 44.4 Å². The van der Waals surface area contributed by atoms with E-state index in [2.05, 4.69) is 5.32 Å². The summed E-state index contributed by atoms with van der Waals surface area (Å²) < 4.78 is 18.4. The van der Waals surface area contributed by atoms with Gasteiger partial charge in [-0.05, 0) is 43.9 Å².